The van der Waals surface area contributed by atoms with Gasteiger partial charge in [0.2, 0.25) is 0 Å². The van der Waals surface area contributed by atoms with Crippen LogP contribution in [0.25, 0.3) is 0 Å². The number of hydrogen-bond acceptors (Lipinski definition) is 2. The number of carbonyl (C=O) groups is 1. The predicted molar refractivity (Wildman–Crippen MR) is 101 cm³/mol. The molecule has 0 saturated carbocycles. The second-order valence-electron chi connectivity index (χ2n) is 6.01. The van der Waals surface area contributed by atoms with E-state index < -0.39 is 5.60 Å². The highest BCUT2D eigenvalue weighted by atomic mass is 35.5. The van der Waals surface area contributed by atoms with E-state index in [0.29, 0.717) is 41.7 Å². The third-order valence-electron chi connectivity index (χ3n) is 4.38. The van der Waals surface area contributed by atoms with Crippen LogP contribution in [0.1, 0.15) is 17.5 Å². The molecule has 3 rings (SSSR count). The Morgan fingerprint density at radius 3 is 2.60 bits per heavy atom. The van der Waals surface area contributed by atoms with E-state index in [-0.39, 0.29) is 5.91 Å². The van der Waals surface area contributed by atoms with Gasteiger partial charge in [0, 0.05) is 19.5 Å². The van der Waals surface area contributed by atoms with Crippen molar-refractivity contribution in [1.29, 1.82) is 0 Å². The van der Waals surface area contributed by atoms with Gasteiger partial charge < -0.3 is 9.64 Å². The first kappa shape index (κ1) is 18.0. The molecular weight excluding hydrogens is 357 g/mol. The van der Waals surface area contributed by atoms with E-state index >= 15 is 0 Å². The van der Waals surface area contributed by atoms with Crippen molar-refractivity contribution < 1.29 is 9.53 Å². The third-order valence-corrected chi connectivity index (χ3v) is 5.12. The topological polar surface area (TPSA) is 29.5 Å². The summed E-state index contributed by atoms with van der Waals surface area (Å²) in [6.07, 6.45) is 2.07. The van der Waals surface area contributed by atoms with Crippen LogP contribution >= 0.6 is 23.2 Å². The van der Waals surface area contributed by atoms with E-state index in [9.17, 15) is 4.79 Å². The first-order valence-corrected chi connectivity index (χ1v) is 8.86. The van der Waals surface area contributed by atoms with Crippen molar-refractivity contribution in [3.05, 3.63) is 82.4 Å². The van der Waals surface area contributed by atoms with Crippen LogP contribution in [0.5, 0.6) is 0 Å². The largest absolute Gasteiger partial charge is 0.358 e. The molecule has 1 heterocycles. The Morgan fingerprint density at radius 1 is 1.16 bits per heavy atom. The smallest absolute Gasteiger partial charge is 0.260 e. The monoisotopic (exact) mass is 375 g/mol. The number of benzene rings is 2. The van der Waals surface area contributed by atoms with E-state index in [0.717, 1.165) is 5.56 Å². The average molecular weight is 376 g/mol. The van der Waals surface area contributed by atoms with E-state index in [1.165, 1.54) is 0 Å². The average Bonchev–Trinajstić information content (AvgIpc) is 2.62. The SMILES string of the molecule is C=CC[C@]1(c2ccc(Cl)c(Cl)c2)OCCN(Cc2ccccc2)C1=O. The molecule has 1 saturated heterocycles. The minimum absolute atomic E-state index is 0.0825. The number of morpholine rings is 1. The molecule has 2 aromatic rings. The maximum Gasteiger partial charge on any atom is 0.260 e. The van der Waals surface area contributed by atoms with Crippen molar-refractivity contribution >= 4 is 29.1 Å². The van der Waals surface area contributed by atoms with Crippen molar-refractivity contribution in [3.63, 3.8) is 0 Å². The number of rotatable bonds is 5. The maximum absolute atomic E-state index is 13.3. The molecule has 1 amide bonds. The molecule has 0 N–H and O–H groups in total. The van der Waals surface area contributed by atoms with Crippen LogP contribution in [-0.4, -0.2) is 24.0 Å². The van der Waals surface area contributed by atoms with E-state index in [2.05, 4.69) is 6.58 Å². The Bertz CT molecular complexity index is 779. The van der Waals surface area contributed by atoms with Gasteiger partial charge >= 0.3 is 0 Å². The summed E-state index contributed by atoms with van der Waals surface area (Å²) < 4.78 is 6.00. The number of ether oxygens (including phenoxy) is 1. The molecule has 1 aliphatic heterocycles. The van der Waals surface area contributed by atoms with Gasteiger partial charge in [-0.1, -0.05) is 65.7 Å². The highest BCUT2D eigenvalue weighted by Crippen LogP contribution is 2.38. The normalized spacial score (nSPS) is 20.6. The van der Waals surface area contributed by atoms with Gasteiger partial charge in [-0.2, -0.15) is 0 Å². The van der Waals surface area contributed by atoms with Gasteiger partial charge in [0.05, 0.1) is 16.7 Å². The molecule has 1 fully saturated rings. The molecule has 2 aromatic carbocycles. The fourth-order valence-corrected chi connectivity index (χ4v) is 3.42. The van der Waals surface area contributed by atoms with E-state index in [4.69, 9.17) is 27.9 Å². The minimum atomic E-state index is -1.11. The summed E-state index contributed by atoms with van der Waals surface area (Å²) in [5.41, 5.74) is 0.673. The van der Waals surface area contributed by atoms with E-state index in [1.54, 1.807) is 24.3 Å². The Balaban J connectivity index is 1.95. The molecule has 1 atom stereocenters. The second-order valence-corrected chi connectivity index (χ2v) is 6.82. The van der Waals surface area contributed by atoms with Crippen molar-refractivity contribution in [2.45, 2.75) is 18.6 Å². The fourth-order valence-electron chi connectivity index (χ4n) is 3.12. The molecule has 130 valence electrons. The molecule has 0 spiro atoms. The summed E-state index contributed by atoms with van der Waals surface area (Å²) in [5, 5.41) is 0.850. The van der Waals surface area contributed by atoms with E-state index in [1.807, 2.05) is 35.2 Å². The van der Waals surface area contributed by atoms with Crippen molar-refractivity contribution in [1.82, 2.24) is 4.90 Å². The highest BCUT2D eigenvalue weighted by molar-refractivity contribution is 6.42. The van der Waals surface area contributed by atoms with Crippen LogP contribution in [0, 0.1) is 0 Å². The maximum atomic E-state index is 13.3. The van der Waals surface area contributed by atoms with Gasteiger partial charge in [-0.3, -0.25) is 4.79 Å². The van der Waals surface area contributed by atoms with Crippen molar-refractivity contribution in [3.8, 4) is 0 Å². The molecule has 1 aliphatic rings. The molecule has 0 aromatic heterocycles. The number of nitrogens with zero attached hydrogens (tertiary/aromatic N) is 1. The first-order valence-electron chi connectivity index (χ1n) is 8.10. The van der Waals surface area contributed by atoms with Crippen LogP contribution in [0.3, 0.4) is 0 Å². The fraction of sp³-hybridized carbons (Fsp3) is 0.250. The Kier molecular flexibility index (Phi) is 5.48. The minimum Gasteiger partial charge on any atom is -0.358 e. The summed E-state index contributed by atoms with van der Waals surface area (Å²) in [4.78, 5) is 15.1. The summed E-state index contributed by atoms with van der Waals surface area (Å²) >= 11 is 12.2. The number of carbonyl (C=O) groups excluding carboxylic acids is 1. The Hall–Kier alpha value is -1.81. The van der Waals surface area contributed by atoms with Crippen LogP contribution in [0.2, 0.25) is 10.0 Å². The van der Waals surface area contributed by atoms with Crippen molar-refractivity contribution in [2.75, 3.05) is 13.2 Å². The third kappa shape index (κ3) is 3.59. The second kappa shape index (κ2) is 7.61. The lowest BCUT2D eigenvalue weighted by Gasteiger charge is -2.41. The predicted octanol–water partition coefficient (Wildman–Crippen LogP) is 4.82. The van der Waals surface area contributed by atoms with Gasteiger partial charge in [0.25, 0.3) is 5.91 Å². The zero-order chi connectivity index (χ0) is 17.9. The zero-order valence-electron chi connectivity index (χ0n) is 13.8. The molecule has 3 nitrogen and oxygen atoms in total. The van der Waals surface area contributed by atoms with Gasteiger partial charge in [0.1, 0.15) is 0 Å². The molecule has 0 bridgehead atoms. The Morgan fingerprint density at radius 2 is 1.92 bits per heavy atom. The molecular formula is C20H19Cl2NO2. The van der Waals surface area contributed by atoms with Gasteiger partial charge in [-0.15, -0.1) is 6.58 Å². The summed E-state index contributed by atoms with van der Waals surface area (Å²) in [7, 11) is 0. The number of amides is 1. The number of hydrogen-bond donors (Lipinski definition) is 0. The number of halogens is 2. The van der Waals surface area contributed by atoms with Crippen LogP contribution in [-0.2, 0) is 21.7 Å². The zero-order valence-corrected chi connectivity index (χ0v) is 15.3. The van der Waals surface area contributed by atoms with Gasteiger partial charge in [0.15, 0.2) is 5.60 Å². The molecule has 0 radical (unpaired) electrons. The summed E-state index contributed by atoms with van der Waals surface area (Å²) in [6.45, 7) is 5.34. The standard InChI is InChI=1S/C20H19Cl2NO2/c1-2-10-20(16-8-9-17(21)18(22)13-16)19(24)23(11-12-25-20)14-15-6-4-3-5-7-15/h2-9,13H,1,10-12,14H2/t20-/m1/s1. The molecule has 25 heavy (non-hydrogen) atoms. The lowest BCUT2D eigenvalue weighted by Crippen LogP contribution is -2.54. The highest BCUT2D eigenvalue weighted by Gasteiger charge is 2.46. The molecule has 0 unspecified atom stereocenters. The lowest BCUT2D eigenvalue weighted by atomic mass is 9.87. The first-order chi connectivity index (χ1) is 12.1. The molecule has 5 heteroatoms. The molecule has 0 aliphatic carbocycles. The Labute approximate surface area is 157 Å². The van der Waals surface area contributed by atoms with Crippen molar-refractivity contribution in [2.24, 2.45) is 0 Å². The van der Waals surface area contributed by atoms with Crippen LogP contribution < -0.4 is 0 Å². The quantitative estimate of drug-likeness (QED) is 0.700. The van der Waals surface area contributed by atoms with Gasteiger partial charge in [-0.25, -0.2) is 0 Å². The van der Waals surface area contributed by atoms with Crippen LogP contribution in [0.4, 0.5) is 0 Å². The lowest BCUT2D eigenvalue weighted by molar-refractivity contribution is -0.174. The summed E-state index contributed by atoms with van der Waals surface area (Å²) in [5.74, 6) is -0.0825. The van der Waals surface area contributed by atoms with Gasteiger partial charge in [-0.05, 0) is 23.3 Å². The van der Waals surface area contributed by atoms with Crippen LogP contribution in [0.15, 0.2) is 61.2 Å². The summed E-state index contributed by atoms with van der Waals surface area (Å²) in [6, 6.07) is 15.1.